The minimum Gasteiger partial charge on any atom is -0.346 e. The molecule has 5 heteroatoms. The molecule has 0 bridgehead atoms. The first kappa shape index (κ1) is 15.2. The van der Waals surface area contributed by atoms with Crippen molar-refractivity contribution in [1.82, 2.24) is 9.78 Å². The molecule has 0 atom stereocenters. The van der Waals surface area contributed by atoms with Gasteiger partial charge in [0.05, 0.1) is 6.54 Å². The van der Waals surface area contributed by atoms with Crippen molar-refractivity contribution in [2.24, 2.45) is 0 Å². The molecule has 0 N–H and O–H groups in total. The van der Waals surface area contributed by atoms with Crippen LogP contribution >= 0.6 is 11.6 Å². The molecule has 2 aromatic carbocycles. The molecule has 0 amide bonds. The van der Waals surface area contributed by atoms with Gasteiger partial charge in [0.15, 0.2) is 5.82 Å². The SMILES string of the molecule is Cc1cc(N2Cc3ccccc3C2)nn1Cc1c(F)cccc1Cl. The molecular formula is C19H17ClFN3. The Balaban J connectivity index is 1.60. The van der Waals surface area contributed by atoms with Crippen LogP contribution in [-0.4, -0.2) is 9.78 Å². The van der Waals surface area contributed by atoms with Gasteiger partial charge in [0.25, 0.3) is 0 Å². The molecule has 0 saturated carbocycles. The van der Waals surface area contributed by atoms with Crippen molar-refractivity contribution in [2.75, 3.05) is 4.90 Å². The standard InChI is InChI=1S/C19H17ClFN3/c1-13-9-19(23-10-14-5-2-3-6-15(14)11-23)22-24(13)12-16-17(20)7-4-8-18(16)21/h2-9H,10-12H2,1H3. The van der Waals surface area contributed by atoms with Crippen LogP contribution in [0.3, 0.4) is 0 Å². The molecule has 3 nitrogen and oxygen atoms in total. The van der Waals surface area contributed by atoms with Crippen LogP contribution in [0.4, 0.5) is 10.2 Å². The van der Waals surface area contributed by atoms with E-state index in [4.69, 9.17) is 11.6 Å². The summed E-state index contributed by atoms with van der Waals surface area (Å²) in [5.74, 6) is 0.615. The quantitative estimate of drug-likeness (QED) is 0.696. The van der Waals surface area contributed by atoms with Gasteiger partial charge in [-0.1, -0.05) is 41.9 Å². The van der Waals surface area contributed by atoms with Gasteiger partial charge in [0, 0.05) is 35.4 Å². The minimum absolute atomic E-state index is 0.299. The number of nitrogens with zero attached hydrogens (tertiary/aromatic N) is 3. The average Bonchev–Trinajstić information content (AvgIpc) is 3.14. The fourth-order valence-corrected chi connectivity index (χ4v) is 3.36. The summed E-state index contributed by atoms with van der Waals surface area (Å²) in [4.78, 5) is 2.23. The minimum atomic E-state index is -0.299. The van der Waals surface area contributed by atoms with Gasteiger partial charge < -0.3 is 4.90 Å². The Hall–Kier alpha value is -2.33. The number of anilines is 1. The Morgan fingerprint density at radius 3 is 2.46 bits per heavy atom. The third-order valence-corrected chi connectivity index (χ3v) is 4.86. The molecule has 0 saturated heterocycles. The van der Waals surface area contributed by atoms with Crippen molar-refractivity contribution in [3.8, 4) is 0 Å². The number of aromatic nitrogens is 2. The summed E-state index contributed by atoms with van der Waals surface area (Å²) in [5.41, 5.74) is 4.13. The smallest absolute Gasteiger partial charge is 0.151 e. The van der Waals surface area contributed by atoms with Gasteiger partial charge in [0.1, 0.15) is 5.82 Å². The van der Waals surface area contributed by atoms with E-state index in [2.05, 4.69) is 34.3 Å². The molecule has 1 aliphatic rings. The van der Waals surface area contributed by atoms with Crippen molar-refractivity contribution < 1.29 is 4.39 Å². The van der Waals surface area contributed by atoms with E-state index in [0.717, 1.165) is 24.6 Å². The molecule has 122 valence electrons. The third kappa shape index (κ3) is 2.67. The highest BCUT2D eigenvalue weighted by Crippen LogP contribution is 2.28. The van der Waals surface area contributed by atoms with Gasteiger partial charge >= 0.3 is 0 Å². The van der Waals surface area contributed by atoms with Crippen molar-refractivity contribution in [3.63, 3.8) is 0 Å². The fraction of sp³-hybridized carbons (Fsp3) is 0.211. The van der Waals surface area contributed by atoms with Crippen LogP contribution in [0, 0.1) is 12.7 Å². The zero-order chi connectivity index (χ0) is 16.7. The number of benzene rings is 2. The first-order valence-corrected chi connectivity index (χ1v) is 8.28. The van der Waals surface area contributed by atoms with E-state index in [-0.39, 0.29) is 5.82 Å². The summed E-state index contributed by atoms with van der Waals surface area (Å²) < 4.78 is 15.8. The second-order valence-corrected chi connectivity index (χ2v) is 6.53. The van der Waals surface area contributed by atoms with Gasteiger partial charge in [-0.15, -0.1) is 0 Å². The summed E-state index contributed by atoms with van der Waals surface area (Å²) in [5, 5.41) is 5.10. The monoisotopic (exact) mass is 341 g/mol. The van der Waals surface area contributed by atoms with E-state index in [1.807, 2.05) is 17.7 Å². The largest absolute Gasteiger partial charge is 0.346 e. The van der Waals surface area contributed by atoms with Crippen molar-refractivity contribution in [3.05, 3.63) is 81.8 Å². The molecule has 0 unspecified atom stereocenters. The molecule has 0 radical (unpaired) electrons. The highest BCUT2D eigenvalue weighted by atomic mass is 35.5. The Kier molecular flexibility index (Phi) is 3.77. The van der Waals surface area contributed by atoms with E-state index in [1.165, 1.54) is 17.2 Å². The topological polar surface area (TPSA) is 21.1 Å². The number of rotatable bonds is 3. The number of fused-ring (bicyclic) bond motifs is 1. The molecular weight excluding hydrogens is 325 g/mol. The summed E-state index contributed by atoms with van der Waals surface area (Å²) in [6.07, 6.45) is 0. The molecule has 0 spiro atoms. The Labute approximate surface area is 145 Å². The average molecular weight is 342 g/mol. The first-order valence-electron chi connectivity index (χ1n) is 7.91. The Bertz CT molecular complexity index is 858. The molecule has 2 heterocycles. The Morgan fingerprint density at radius 1 is 1.08 bits per heavy atom. The van der Waals surface area contributed by atoms with Crippen molar-refractivity contribution in [2.45, 2.75) is 26.6 Å². The second-order valence-electron chi connectivity index (χ2n) is 6.13. The number of halogens is 2. The summed E-state index contributed by atoms with van der Waals surface area (Å²) in [7, 11) is 0. The van der Waals surface area contributed by atoms with Crippen LogP contribution in [0.1, 0.15) is 22.4 Å². The summed E-state index contributed by atoms with van der Waals surface area (Å²) >= 11 is 6.14. The number of hydrogen-bond acceptors (Lipinski definition) is 2. The predicted molar refractivity (Wildman–Crippen MR) is 93.8 cm³/mol. The van der Waals surface area contributed by atoms with Crippen molar-refractivity contribution >= 4 is 17.4 Å². The predicted octanol–water partition coefficient (Wildman–Crippen LogP) is 4.55. The van der Waals surface area contributed by atoms with E-state index >= 15 is 0 Å². The van der Waals surface area contributed by atoms with Crippen LogP contribution in [0.15, 0.2) is 48.5 Å². The zero-order valence-electron chi connectivity index (χ0n) is 13.3. The van der Waals surface area contributed by atoms with Crippen LogP contribution in [0.2, 0.25) is 5.02 Å². The molecule has 0 fully saturated rings. The van der Waals surface area contributed by atoms with Crippen LogP contribution in [-0.2, 0) is 19.6 Å². The molecule has 1 aromatic heterocycles. The maximum absolute atomic E-state index is 14.0. The second kappa shape index (κ2) is 5.95. The van der Waals surface area contributed by atoms with Gasteiger partial charge in [-0.05, 0) is 30.2 Å². The number of aryl methyl sites for hydroxylation is 1. The van der Waals surface area contributed by atoms with E-state index in [9.17, 15) is 4.39 Å². The zero-order valence-corrected chi connectivity index (χ0v) is 14.1. The van der Waals surface area contributed by atoms with Gasteiger partial charge in [-0.3, -0.25) is 4.68 Å². The lowest BCUT2D eigenvalue weighted by molar-refractivity contribution is 0.579. The normalized spacial score (nSPS) is 13.4. The Morgan fingerprint density at radius 2 is 1.79 bits per heavy atom. The lowest BCUT2D eigenvalue weighted by Gasteiger charge is -2.13. The summed E-state index contributed by atoms with van der Waals surface area (Å²) in [6, 6.07) is 15.2. The lowest BCUT2D eigenvalue weighted by Crippen LogP contribution is -2.15. The lowest BCUT2D eigenvalue weighted by atomic mass is 10.1. The molecule has 24 heavy (non-hydrogen) atoms. The van der Waals surface area contributed by atoms with Crippen molar-refractivity contribution in [1.29, 1.82) is 0 Å². The fourth-order valence-electron chi connectivity index (χ4n) is 3.14. The molecule has 1 aliphatic heterocycles. The maximum atomic E-state index is 14.0. The third-order valence-electron chi connectivity index (χ3n) is 4.50. The van der Waals surface area contributed by atoms with Crippen LogP contribution < -0.4 is 4.90 Å². The van der Waals surface area contributed by atoms with Crippen LogP contribution in [0.5, 0.6) is 0 Å². The van der Waals surface area contributed by atoms with Gasteiger partial charge in [0.2, 0.25) is 0 Å². The first-order chi connectivity index (χ1) is 11.6. The van der Waals surface area contributed by atoms with E-state index in [1.54, 1.807) is 12.1 Å². The van der Waals surface area contributed by atoms with Gasteiger partial charge in [-0.2, -0.15) is 5.10 Å². The van der Waals surface area contributed by atoms with E-state index < -0.39 is 0 Å². The maximum Gasteiger partial charge on any atom is 0.151 e. The highest BCUT2D eigenvalue weighted by molar-refractivity contribution is 6.31. The molecule has 3 aromatic rings. The highest BCUT2D eigenvalue weighted by Gasteiger charge is 2.21. The molecule has 4 rings (SSSR count). The number of hydrogen-bond donors (Lipinski definition) is 0. The summed E-state index contributed by atoms with van der Waals surface area (Å²) in [6.45, 7) is 4.02. The van der Waals surface area contributed by atoms with Gasteiger partial charge in [-0.25, -0.2) is 4.39 Å². The van der Waals surface area contributed by atoms with Crippen LogP contribution in [0.25, 0.3) is 0 Å². The van der Waals surface area contributed by atoms with E-state index in [0.29, 0.717) is 17.1 Å². The molecule has 0 aliphatic carbocycles.